The van der Waals surface area contributed by atoms with E-state index in [1.807, 2.05) is 13.8 Å². The van der Waals surface area contributed by atoms with Crippen LogP contribution < -0.4 is 11.2 Å². The predicted octanol–water partition coefficient (Wildman–Crippen LogP) is 3.77. The molecule has 0 spiro atoms. The molecule has 0 aliphatic heterocycles. The second kappa shape index (κ2) is 11.7. The van der Waals surface area contributed by atoms with Crippen molar-refractivity contribution in [2.75, 3.05) is 6.61 Å². The van der Waals surface area contributed by atoms with Crippen LogP contribution in [-0.2, 0) is 27.3 Å². The maximum atomic E-state index is 14.5. The monoisotopic (exact) mass is 491 g/mol. The third kappa shape index (κ3) is 6.70. The number of halogens is 4. The van der Waals surface area contributed by atoms with Crippen LogP contribution in [0, 0.1) is 5.82 Å². The van der Waals surface area contributed by atoms with E-state index in [0.717, 1.165) is 25.4 Å². The zero-order valence-electron chi connectivity index (χ0n) is 19.0. The van der Waals surface area contributed by atoms with Gasteiger partial charge in [0, 0.05) is 25.6 Å². The van der Waals surface area contributed by atoms with Gasteiger partial charge in [0.1, 0.15) is 5.82 Å². The molecule has 1 unspecified atom stereocenters. The Labute approximate surface area is 193 Å². The predicted molar refractivity (Wildman–Crippen MR) is 118 cm³/mol. The number of carbonyl (C=O) groups is 1. The minimum absolute atomic E-state index is 0.0352. The third-order valence-corrected chi connectivity index (χ3v) is 4.43. The number of rotatable bonds is 7. The molecule has 0 saturated heterocycles. The van der Waals surface area contributed by atoms with Gasteiger partial charge in [-0.2, -0.15) is 0 Å². The van der Waals surface area contributed by atoms with Crippen molar-refractivity contribution in [3.8, 4) is 5.69 Å². The summed E-state index contributed by atoms with van der Waals surface area (Å²) in [5.41, 5.74) is -3.65. The average Bonchev–Trinajstić information content (AvgIpc) is 2.74. The van der Waals surface area contributed by atoms with Crippen molar-refractivity contribution in [2.45, 2.75) is 46.6 Å². The number of oxime groups is 1. The second-order valence-electron chi connectivity index (χ2n) is 6.49. The van der Waals surface area contributed by atoms with Crippen LogP contribution in [0.2, 0.25) is 5.02 Å². The molecule has 182 valence electrons. The molecule has 33 heavy (non-hydrogen) atoms. The fraction of sp³-hybridized carbons (Fsp3) is 0.429. The van der Waals surface area contributed by atoms with Gasteiger partial charge in [-0.15, -0.1) is 0 Å². The molecule has 1 heterocycles. The first kappa shape index (κ1) is 28.0. The van der Waals surface area contributed by atoms with Gasteiger partial charge in [0.15, 0.2) is 0 Å². The molecule has 1 aromatic heterocycles. The molecular weight excluding hydrogens is 467 g/mol. The number of carbonyl (C=O) groups excluding carboxylic acids is 1. The Balaban J connectivity index is 0.00000265. The molecule has 0 aliphatic rings. The van der Waals surface area contributed by atoms with Crippen LogP contribution in [0.3, 0.4) is 0 Å². The maximum absolute atomic E-state index is 14.5. The summed E-state index contributed by atoms with van der Waals surface area (Å²) in [5.74, 6) is -5.17. The summed E-state index contributed by atoms with van der Waals surface area (Å²) in [7, 11) is 1.03. The molecule has 0 aliphatic carbocycles. The van der Waals surface area contributed by atoms with Gasteiger partial charge in [-0.05, 0) is 26.0 Å². The van der Waals surface area contributed by atoms with Crippen LogP contribution in [-0.4, -0.2) is 34.0 Å². The highest BCUT2D eigenvalue weighted by Crippen LogP contribution is 2.25. The Morgan fingerprint density at radius 2 is 1.88 bits per heavy atom. The van der Waals surface area contributed by atoms with E-state index in [2.05, 4.69) is 5.16 Å². The minimum atomic E-state index is -3.46. The normalized spacial score (nSPS) is 12.2. The summed E-state index contributed by atoms with van der Waals surface area (Å²) >= 11 is 5.96. The van der Waals surface area contributed by atoms with Crippen molar-refractivity contribution in [1.29, 1.82) is 0 Å². The van der Waals surface area contributed by atoms with Crippen molar-refractivity contribution in [3.05, 3.63) is 61.1 Å². The Kier molecular flexibility index (Phi) is 9.90. The van der Waals surface area contributed by atoms with Crippen LogP contribution in [0.4, 0.5) is 13.2 Å². The highest BCUT2D eigenvalue weighted by Gasteiger charge is 2.30. The number of esters is 1. The molecule has 12 heteroatoms. The van der Waals surface area contributed by atoms with E-state index in [4.69, 9.17) is 21.2 Å². The van der Waals surface area contributed by atoms with Gasteiger partial charge >= 0.3 is 11.7 Å². The maximum Gasteiger partial charge on any atom is 0.349 e. The van der Waals surface area contributed by atoms with E-state index in [1.54, 1.807) is 6.92 Å². The van der Waals surface area contributed by atoms with Gasteiger partial charge in [0.2, 0.25) is 6.10 Å². The SMILES string of the molecule is CC.CCOC(=O)C(C)O/N=C/c1cc(-n2c(=O)cc(C(C)(F)F)n(C)c2=O)c(F)cc1Cl. The van der Waals surface area contributed by atoms with Crippen molar-refractivity contribution in [1.82, 2.24) is 9.13 Å². The zero-order valence-corrected chi connectivity index (χ0v) is 19.7. The van der Waals surface area contributed by atoms with Gasteiger partial charge in [0.05, 0.1) is 29.2 Å². The van der Waals surface area contributed by atoms with Gasteiger partial charge in [-0.1, -0.05) is 30.6 Å². The number of alkyl halides is 2. The van der Waals surface area contributed by atoms with E-state index in [0.29, 0.717) is 22.1 Å². The molecule has 1 atom stereocenters. The average molecular weight is 492 g/mol. The van der Waals surface area contributed by atoms with Gasteiger partial charge in [-0.25, -0.2) is 27.3 Å². The topological polar surface area (TPSA) is 91.9 Å². The fourth-order valence-electron chi connectivity index (χ4n) is 2.57. The first-order valence-electron chi connectivity index (χ1n) is 9.95. The molecular formula is C21H25ClF3N3O5. The number of aromatic nitrogens is 2. The summed E-state index contributed by atoms with van der Waals surface area (Å²) in [4.78, 5) is 41.3. The van der Waals surface area contributed by atoms with Crippen LogP contribution in [0.1, 0.15) is 45.9 Å². The largest absolute Gasteiger partial charge is 0.463 e. The lowest BCUT2D eigenvalue weighted by molar-refractivity contribution is -0.155. The van der Waals surface area contributed by atoms with E-state index in [1.165, 1.54) is 6.92 Å². The first-order chi connectivity index (χ1) is 15.4. The summed E-state index contributed by atoms with van der Waals surface area (Å²) in [5, 5.41) is 3.44. The second-order valence-corrected chi connectivity index (χ2v) is 6.90. The molecule has 0 saturated carbocycles. The molecule has 0 N–H and O–H groups in total. The Morgan fingerprint density at radius 3 is 2.42 bits per heavy atom. The lowest BCUT2D eigenvalue weighted by atomic mass is 10.2. The zero-order chi connectivity index (χ0) is 25.5. The number of ether oxygens (including phenoxy) is 1. The summed E-state index contributed by atoms with van der Waals surface area (Å²) in [6.45, 7) is 7.69. The lowest BCUT2D eigenvalue weighted by Crippen LogP contribution is -2.41. The Bertz CT molecular complexity index is 1140. The summed E-state index contributed by atoms with van der Waals surface area (Å²) in [6.07, 6.45) is -0.00139. The summed E-state index contributed by atoms with van der Waals surface area (Å²) < 4.78 is 47.5. The lowest BCUT2D eigenvalue weighted by Gasteiger charge is -2.17. The molecule has 8 nitrogen and oxygen atoms in total. The summed E-state index contributed by atoms with van der Waals surface area (Å²) in [6, 6.07) is 2.39. The molecule has 1 aromatic carbocycles. The van der Waals surface area contributed by atoms with Crippen LogP contribution in [0.5, 0.6) is 0 Å². The standard InChI is InChI=1S/C19H19ClF3N3O5.C2H6/c1-5-30-17(28)10(2)31-24-9-11-6-14(13(21)7-12(11)20)26-16(27)8-15(19(3,22)23)25(4)18(26)29;1-2/h6-10H,5H2,1-4H3;1-2H3/b24-9+;. The number of nitrogens with zero attached hydrogens (tertiary/aromatic N) is 3. The quantitative estimate of drug-likeness (QED) is 0.334. The van der Waals surface area contributed by atoms with Gasteiger partial charge in [0.25, 0.3) is 11.5 Å². The van der Waals surface area contributed by atoms with Gasteiger partial charge < -0.3 is 9.57 Å². The molecule has 2 aromatic rings. The molecule has 2 rings (SSSR count). The number of benzene rings is 1. The molecule has 0 radical (unpaired) electrons. The minimum Gasteiger partial charge on any atom is -0.463 e. The highest BCUT2D eigenvalue weighted by molar-refractivity contribution is 6.33. The van der Waals surface area contributed by atoms with E-state index < -0.39 is 46.4 Å². The number of hydrogen-bond acceptors (Lipinski definition) is 6. The highest BCUT2D eigenvalue weighted by atomic mass is 35.5. The fourth-order valence-corrected chi connectivity index (χ4v) is 2.77. The molecule has 0 fully saturated rings. The molecule has 0 bridgehead atoms. The van der Waals surface area contributed by atoms with Crippen molar-refractivity contribution >= 4 is 23.8 Å². The van der Waals surface area contributed by atoms with Crippen LogP contribution in [0.15, 0.2) is 32.9 Å². The van der Waals surface area contributed by atoms with E-state index in [-0.39, 0.29) is 17.2 Å². The van der Waals surface area contributed by atoms with Crippen LogP contribution >= 0.6 is 11.6 Å². The van der Waals surface area contributed by atoms with E-state index in [9.17, 15) is 27.6 Å². The van der Waals surface area contributed by atoms with Crippen LogP contribution in [0.25, 0.3) is 5.69 Å². The first-order valence-corrected chi connectivity index (χ1v) is 10.3. The Hall–Kier alpha value is -3.08. The third-order valence-electron chi connectivity index (χ3n) is 4.11. The Morgan fingerprint density at radius 1 is 1.27 bits per heavy atom. The number of hydrogen-bond donors (Lipinski definition) is 0. The smallest absolute Gasteiger partial charge is 0.349 e. The van der Waals surface area contributed by atoms with Gasteiger partial charge in [-0.3, -0.25) is 9.36 Å². The van der Waals surface area contributed by atoms with Crippen molar-refractivity contribution in [2.24, 2.45) is 12.2 Å². The molecule has 0 amide bonds. The van der Waals surface area contributed by atoms with Crippen molar-refractivity contribution < 1.29 is 27.5 Å². The van der Waals surface area contributed by atoms with Crippen molar-refractivity contribution in [3.63, 3.8) is 0 Å². The van der Waals surface area contributed by atoms with E-state index >= 15 is 0 Å².